The molecule has 6 heteroatoms. The summed E-state index contributed by atoms with van der Waals surface area (Å²) in [4.78, 5) is 11.8. The molecule has 0 radical (unpaired) electrons. The highest BCUT2D eigenvalue weighted by atomic mass is 19.2. The number of hydrogen-bond donors (Lipinski definition) is 3. The minimum absolute atomic E-state index is 0.138. The van der Waals surface area contributed by atoms with Crippen LogP contribution in [0.5, 0.6) is 0 Å². The van der Waals surface area contributed by atoms with Crippen molar-refractivity contribution in [3.05, 3.63) is 29.8 Å². The highest BCUT2D eigenvalue weighted by molar-refractivity contribution is 5.95. The molecule has 1 aromatic rings. The van der Waals surface area contributed by atoms with Crippen LogP contribution in [0.2, 0.25) is 0 Å². The summed E-state index contributed by atoms with van der Waals surface area (Å²) >= 11 is 0. The molecular weight excluding hydrogens is 240 g/mol. The second kappa shape index (κ2) is 5.41. The lowest BCUT2D eigenvalue weighted by Gasteiger charge is -2.28. The Hall–Kier alpha value is -1.53. The van der Waals surface area contributed by atoms with Gasteiger partial charge >= 0.3 is 0 Å². The van der Waals surface area contributed by atoms with Crippen LogP contribution >= 0.6 is 0 Å². The van der Waals surface area contributed by atoms with Crippen LogP contribution in [0.3, 0.4) is 0 Å². The minimum atomic E-state index is -1.04. The highest BCUT2D eigenvalue weighted by Gasteiger charge is 2.24. The third kappa shape index (κ3) is 2.83. The smallest absolute Gasteiger partial charge is 0.242 e. The SMILES string of the molecule is CC1CNC(C(=O)Nc2cccc(F)c2F)CN1. The van der Waals surface area contributed by atoms with Crippen LogP contribution in [0.15, 0.2) is 18.2 Å². The number of hydrogen-bond acceptors (Lipinski definition) is 3. The van der Waals surface area contributed by atoms with Crippen molar-refractivity contribution in [2.75, 3.05) is 18.4 Å². The molecule has 1 fully saturated rings. The van der Waals surface area contributed by atoms with E-state index in [-0.39, 0.29) is 11.6 Å². The van der Waals surface area contributed by atoms with Crippen LogP contribution < -0.4 is 16.0 Å². The van der Waals surface area contributed by atoms with E-state index in [1.54, 1.807) is 0 Å². The molecule has 1 aliphatic rings. The third-order valence-electron chi connectivity index (χ3n) is 2.87. The van der Waals surface area contributed by atoms with Crippen LogP contribution in [0, 0.1) is 11.6 Å². The maximum atomic E-state index is 13.4. The van der Waals surface area contributed by atoms with E-state index in [2.05, 4.69) is 16.0 Å². The maximum absolute atomic E-state index is 13.4. The summed E-state index contributed by atoms with van der Waals surface area (Å²) in [5, 5.41) is 8.54. The van der Waals surface area contributed by atoms with Crippen molar-refractivity contribution in [2.45, 2.75) is 19.0 Å². The first-order valence-corrected chi connectivity index (χ1v) is 5.79. The molecule has 1 saturated heterocycles. The summed E-state index contributed by atoms with van der Waals surface area (Å²) in [6.45, 7) is 3.11. The molecule has 3 N–H and O–H groups in total. The monoisotopic (exact) mass is 255 g/mol. The molecule has 2 unspecified atom stereocenters. The van der Waals surface area contributed by atoms with Crippen LogP contribution in [-0.2, 0) is 4.79 Å². The van der Waals surface area contributed by atoms with Gasteiger partial charge in [0.1, 0.15) is 0 Å². The van der Waals surface area contributed by atoms with Gasteiger partial charge in [0.25, 0.3) is 0 Å². The lowest BCUT2D eigenvalue weighted by atomic mass is 10.1. The summed E-state index contributed by atoms with van der Waals surface area (Å²) in [6, 6.07) is 3.54. The van der Waals surface area contributed by atoms with E-state index in [0.29, 0.717) is 19.1 Å². The lowest BCUT2D eigenvalue weighted by molar-refractivity contribution is -0.118. The van der Waals surface area contributed by atoms with E-state index in [1.165, 1.54) is 12.1 Å². The summed E-state index contributed by atoms with van der Waals surface area (Å²) < 4.78 is 26.3. The molecule has 1 heterocycles. The fourth-order valence-electron chi connectivity index (χ4n) is 1.79. The number of anilines is 1. The van der Waals surface area contributed by atoms with Crippen LogP contribution in [0.4, 0.5) is 14.5 Å². The van der Waals surface area contributed by atoms with Crippen LogP contribution in [0.25, 0.3) is 0 Å². The number of halogens is 2. The van der Waals surface area contributed by atoms with Crippen molar-refractivity contribution in [2.24, 2.45) is 0 Å². The average molecular weight is 255 g/mol. The van der Waals surface area contributed by atoms with Crippen LogP contribution in [0.1, 0.15) is 6.92 Å². The second-order valence-electron chi connectivity index (χ2n) is 4.36. The molecule has 0 saturated carbocycles. The third-order valence-corrected chi connectivity index (χ3v) is 2.87. The van der Waals surface area contributed by atoms with Crippen LogP contribution in [-0.4, -0.2) is 31.1 Å². The Morgan fingerprint density at radius 2 is 2.11 bits per heavy atom. The Labute approximate surface area is 104 Å². The summed E-state index contributed by atoms with van der Waals surface area (Å²) in [6.07, 6.45) is 0. The number of carbonyl (C=O) groups excluding carboxylic acids is 1. The van der Waals surface area contributed by atoms with Gasteiger partial charge in [-0.05, 0) is 19.1 Å². The molecule has 0 bridgehead atoms. The van der Waals surface area contributed by atoms with Gasteiger partial charge in [-0.15, -0.1) is 0 Å². The first-order chi connectivity index (χ1) is 8.58. The van der Waals surface area contributed by atoms with Crippen molar-refractivity contribution in [1.29, 1.82) is 0 Å². The van der Waals surface area contributed by atoms with Gasteiger partial charge in [0.15, 0.2) is 11.6 Å². The molecule has 1 amide bonds. The Balaban J connectivity index is 2.01. The quantitative estimate of drug-likeness (QED) is 0.734. The van der Waals surface area contributed by atoms with Crippen molar-refractivity contribution < 1.29 is 13.6 Å². The number of benzene rings is 1. The molecule has 1 aromatic carbocycles. The van der Waals surface area contributed by atoms with E-state index >= 15 is 0 Å². The summed E-state index contributed by atoms with van der Waals surface area (Å²) in [7, 11) is 0. The maximum Gasteiger partial charge on any atom is 0.242 e. The molecule has 0 aromatic heterocycles. The minimum Gasteiger partial charge on any atom is -0.322 e. The molecule has 1 aliphatic heterocycles. The number of nitrogens with one attached hydrogen (secondary N) is 3. The molecule has 2 atom stereocenters. The summed E-state index contributed by atoms with van der Waals surface area (Å²) in [5.74, 6) is -2.39. The van der Waals surface area contributed by atoms with Gasteiger partial charge in [0, 0.05) is 19.1 Å². The molecule has 18 heavy (non-hydrogen) atoms. The van der Waals surface area contributed by atoms with Gasteiger partial charge in [0.2, 0.25) is 5.91 Å². The van der Waals surface area contributed by atoms with E-state index in [9.17, 15) is 13.6 Å². The first kappa shape index (κ1) is 12.9. The van der Waals surface area contributed by atoms with Crippen molar-refractivity contribution in [3.63, 3.8) is 0 Å². The average Bonchev–Trinajstić information content (AvgIpc) is 2.36. The molecule has 0 aliphatic carbocycles. The van der Waals surface area contributed by atoms with E-state index < -0.39 is 17.7 Å². The molecule has 2 rings (SSSR count). The first-order valence-electron chi connectivity index (χ1n) is 5.79. The number of carbonyl (C=O) groups is 1. The Morgan fingerprint density at radius 1 is 1.33 bits per heavy atom. The standard InChI is InChI=1S/C12H15F2N3O/c1-7-5-16-10(6-15-7)12(18)17-9-4-2-3-8(13)11(9)14/h2-4,7,10,15-16H,5-6H2,1H3,(H,17,18). The van der Waals surface area contributed by atoms with Crippen molar-refractivity contribution in [1.82, 2.24) is 10.6 Å². The number of rotatable bonds is 2. The van der Waals surface area contributed by atoms with Gasteiger partial charge in [-0.25, -0.2) is 8.78 Å². The molecule has 98 valence electrons. The fourth-order valence-corrected chi connectivity index (χ4v) is 1.79. The Kier molecular flexibility index (Phi) is 3.88. The van der Waals surface area contributed by atoms with Gasteiger partial charge in [0.05, 0.1) is 11.7 Å². The zero-order chi connectivity index (χ0) is 13.1. The van der Waals surface area contributed by atoms with Crippen molar-refractivity contribution >= 4 is 11.6 Å². The normalized spacial score (nSPS) is 23.7. The largest absolute Gasteiger partial charge is 0.322 e. The Bertz CT molecular complexity index is 445. The van der Waals surface area contributed by atoms with E-state index in [4.69, 9.17) is 0 Å². The number of amides is 1. The molecular formula is C12H15F2N3O. The predicted octanol–water partition coefficient (Wildman–Crippen LogP) is 0.853. The van der Waals surface area contributed by atoms with Gasteiger partial charge in [-0.1, -0.05) is 6.07 Å². The van der Waals surface area contributed by atoms with Gasteiger partial charge in [-0.2, -0.15) is 0 Å². The lowest BCUT2D eigenvalue weighted by Crippen LogP contribution is -2.57. The fraction of sp³-hybridized carbons (Fsp3) is 0.417. The zero-order valence-electron chi connectivity index (χ0n) is 9.97. The topological polar surface area (TPSA) is 53.2 Å². The van der Waals surface area contributed by atoms with Crippen molar-refractivity contribution in [3.8, 4) is 0 Å². The van der Waals surface area contributed by atoms with E-state index in [0.717, 1.165) is 6.07 Å². The zero-order valence-corrected chi connectivity index (χ0v) is 9.97. The molecule has 4 nitrogen and oxygen atoms in total. The second-order valence-corrected chi connectivity index (χ2v) is 4.36. The van der Waals surface area contributed by atoms with Gasteiger partial charge in [-0.3, -0.25) is 4.79 Å². The summed E-state index contributed by atoms with van der Waals surface area (Å²) in [5.41, 5.74) is -0.138. The molecule has 0 spiro atoms. The predicted molar refractivity (Wildman–Crippen MR) is 64.2 cm³/mol. The number of piperazine rings is 1. The van der Waals surface area contributed by atoms with E-state index in [1.807, 2.05) is 6.92 Å². The highest BCUT2D eigenvalue weighted by Crippen LogP contribution is 2.16. The van der Waals surface area contributed by atoms with Gasteiger partial charge < -0.3 is 16.0 Å². The Morgan fingerprint density at radius 3 is 2.78 bits per heavy atom.